The van der Waals surface area contributed by atoms with Gasteiger partial charge in [-0.15, -0.1) is 0 Å². The summed E-state index contributed by atoms with van der Waals surface area (Å²) in [5, 5.41) is 56.3. The van der Waals surface area contributed by atoms with E-state index in [2.05, 4.69) is 98.7 Å². The highest BCUT2D eigenvalue weighted by atomic mass is 33.1. The summed E-state index contributed by atoms with van der Waals surface area (Å²) in [6, 6.07) is -13.6. The first-order valence-electron chi connectivity index (χ1n) is 30.0. The smallest absolute Gasteiger partial charge is 0.303 e. The number of aromatic nitrogens is 2. The topological polar surface area (TPSA) is 623 Å². The van der Waals surface area contributed by atoms with Crippen LogP contribution < -0.4 is 87.2 Å². The number of carbonyl (C=O) groups excluding carboxylic acids is 14. The van der Waals surface area contributed by atoms with Crippen molar-refractivity contribution in [3.05, 3.63) is 48.0 Å². The summed E-state index contributed by atoms with van der Waals surface area (Å²) in [5.41, 5.74) is 28.7. The van der Waals surface area contributed by atoms with E-state index in [1.807, 2.05) is 0 Å². The van der Waals surface area contributed by atoms with Crippen molar-refractivity contribution in [3.8, 4) is 5.75 Å². The number of aliphatic hydroxyl groups excluding tert-OH is 1. The molecule has 12 atom stereocenters. The second-order valence-corrected chi connectivity index (χ2v) is 25.4. The molecule has 42 heteroatoms. The number of guanidine groups is 1. The van der Waals surface area contributed by atoms with Crippen molar-refractivity contribution in [2.45, 2.75) is 137 Å². The lowest BCUT2D eigenvalue weighted by molar-refractivity contribution is -0.143. The van der Waals surface area contributed by atoms with Crippen molar-refractivity contribution >= 4 is 141 Å². The quantitative estimate of drug-likeness (QED) is 0.0204. The molecule has 0 radical (unpaired) electrons. The number of aromatic amines is 1. The van der Waals surface area contributed by atoms with Gasteiger partial charge in [0.15, 0.2) is 5.96 Å². The van der Waals surface area contributed by atoms with E-state index in [0.717, 1.165) is 26.5 Å². The SMILES string of the molecule is C[C@@H]1NC(=O)[C@@H]2CCCN2C(=O)[C@H](CC(N)=O)NC(=O)C(CS)NC(=O)[C@@H](NC(=O)[C@@H](N)CCC(=O)O)CSSCC(C(N)=O)NC(=O)C(CO)NC(=O)[C@H](Cc2ccc(O)cc2)NC(=O)C(Cc2cnc[nH]2)NC(=O)[C@H](CCCN=C(N)N)NC(=O)CNC(=O)[C@H](CS)NC1=O. The number of nitrogens with one attached hydrogen (secondary N) is 12. The first-order chi connectivity index (χ1) is 45.9. The van der Waals surface area contributed by atoms with Crippen LogP contribution in [0.4, 0.5) is 0 Å². The molecule has 1 aromatic heterocycles. The van der Waals surface area contributed by atoms with E-state index >= 15 is 0 Å². The van der Waals surface area contributed by atoms with E-state index in [9.17, 15) is 87.2 Å². The third-order valence-electron chi connectivity index (χ3n) is 14.5. The Bertz CT molecular complexity index is 3170. The molecule has 0 spiro atoms. The molecule has 38 nitrogen and oxygen atoms in total. The summed E-state index contributed by atoms with van der Waals surface area (Å²) < 4.78 is 0. The number of aliphatic carboxylic acids is 1. The number of fused-ring (bicyclic) bond motifs is 1. The Morgan fingerprint density at radius 1 is 0.711 bits per heavy atom. The molecule has 0 aliphatic carbocycles. The second-order valence-electron chi connectivity index (χ2n) is 22.1. The molecule has 25 N–H and O–H groups in total. The highest BCUT2D eigenvalue weighted by Gasteiger charge is 2.41. The monoisotopic (exact) mass is 1440 g/mol. The number of rotatable bonds is 19. The van der Waals surface area contributed by atoms with Crippen molar-refractivity contribution in [3.63, 3.8) is 0 Å². The Morgan fingerprint density at radius 2 is 1.29 bits per heavy atom. The van der Waals surface area contributed by atoms with Gasteiger partial charge in [0.25, 0.3) is 0 Å². The Morgan fingerprint density at radius 3 is 1.89 bits per heavy atom. The maximum absolute atomic E-state index is 14.5. The fraction of sp³-hybridized carbons (Fsp3) is 0.545. The van der Waals surface area contributed by atoms with Crippen LogP contribution in [0.5, 0.6) is 5.75 Å². The molecular weight excluding hydrogens is 1360 g/mol. The number of imidazole rings is 1. The number of aliphatic hydroxyl groups is 1. The molecule has 2 aliphatic heterocycles. The Kier molecular flexibility index (Phi) is 33.5. The van der Waals surface area contributed by atoms with Crippen LogP contribution in [0.2, 0.25) is 0 Å². The third-order valence-corrected chi connectivity index (χ3v) is 17.7. The Hall–Kier alpha value is -9.13. The number of carbonyl (C=O) groups is 15. The summed E-state index contributed by atoms with van der Waals surface area (Å²) in [6.07, 6.45) is 0.231. The van der Waals surface area contributed by atoms with Crippen molar-refractivity contribution in [1.82, 2.24) is 73.4 Å². The minimum atomic E-state index is -1.87. The standard InChI is InChI=1S/C55H82N20O18S4/c1-25-44(83)71-35(20-94)46(85)63-18-41(79)66-30(4-2-12-62-55(59)60)47(86)68-32(15-27-17-61-24-64-27)49(88)67-31(14-26-6-8-28(77)9-7-26)48(87)70-34(19-76)50(89)73-37(43(58)82)22-96-97-23-38(74-45(84)29(56)10-11-42(80)81)52(91)72-36(21-95)51(90)69-33(16-40(57)78)54(93)75-13-3-5-39(75)53(92)65-25/h6-9,17,24-25,29-39,76-77,94-95H,2-5,10-16,18-23,56H2,1H3,(H2,57,78)(H2,58,82)(H,61,64)(H,63,85)(H,65,92)(H,66,79)(H,67,88)(H,68,86)(H,69,90)(H,70,87)(H,71,83)(H,72,91)(H,73,89)(H,74,84)(H,80,81)(H4,59,60,62)/t25-,29-,30-,31-,32?,33-,34?,35-,36?,37?,38-,39-/m0/s1. The molecule has 97 heavy (non-hydrogen) atoms. The van der Waals surface area contributed by atoms with Crippen LogP contribution in [0, 0.1) is 0 Å². The van der Waals surface area contributed by atoms with Crippen LogP contribution in [0.25, 0.3) is 0 Å². The number of nitrogens with zero attached hydrogens (tertiary/aromatic N) is 3. The van der Waals surface area contributed by atoms with E-state index in [1.54, 1.807) is 0 Å². The highest BCUT2D eigenvalue weighted by Crippen LogP contribution is 2.24. The zero-order chi connectivity index (χ0) is 72.1. The number of thiol groups is 2. The number of hydrogen-bond donors (Lipinski definition) is 22. The normalized spacial score (nSPS) is 25.1. The fourth-order valence-electron chi connectivity index (χ4n) is 9.30. The molecule has 2 aromatic rings. The van der Waals surface area contributed by atoms with E-state index < -0.39 is 204 Å². The third kappa shape index (κ3) is 27.1. The summed E-state index contributed by atoms with van der Waals surface area (Å²) in [4.78, 5) is 215. The van der Waals surface area contributed by atoms with Crippen LogP contribution in [0.1, 0.15) is 63.1 Å². The number of phenols is 1. The van der Waals surface area contributed by atoms with Gasteiger partial charge in [-0.1, -0.05) is 33.7 Å². The van der Waals surface area contributed by atoms with E-state index in [0.29, 0.717) is 5.56 Å². The minimum absolute atomic E-state index is 0.0243. The first kappa shape index (κ1) is 80.3. The largest absolute Gasteiger partial charge is 0.508 e. The molecule has 4 unspecified atom stereocenters. The average molecular weight is 1440 g/mol. The van der Waals surface area contributed by atoms with Gasteiger partial charge in [-0.25, -0.2) is 4.98 Å². The number of amides is 14. The lowest BCUT2D eigenvalue weighted by Crippen LogP contribution is -2.61. The predicted octanol–water partition coefficient (Wildman–Crippen LogP) is -9.27. The number of aromatic hydroxyl groups is 1. The van der Waals surface area contributed by atoms with Gasteiger partial charge in [0.2, 0.25) is 82.7 Å². The fourth-order valence-corrected chi connectivity index (χ4v) is 12.2. The number of carboxylic acid groups (broad SMARTS) is 1. The maximum Gasteiger partial charge on any atom is 0.303 e. The lowest BCUT2D eigenvalue weighted by Gasteiger charge is -2.30. The average Bonchev–Trinajstić information content (AvgIpc) is 1.76. The van der Waals surface area contributed by atoms with Gasteiger partial charge >= 0.3 is 5.97 Å². The lowest BCUT2D eigenvalue weighted by atomic mass is 10.0. The highest BCUT2D eigenvalue weighted by molar-refractivity contribution is 8.76. The Balaban J connectivity index is 1.75. The molecule has 534 valence electrons. The van der Waals surface area contributed by atoms with Gasteiger partial charge in [0.05, 0.1) is 31.9 Å². The van der Waals surface area contributed by atoms with Crippen LogP contribution in [0.15, 0.2) is 41.8 Å². The second kappa shape index (κ2) is 40.4. The number of primary amides is 2. The number of phenolic OH excluding ortho intramolecular Hbond substituents is 1. The number of carboxylic acids is 1. The zero-order valence-corrected chi connectivity index (χ0v) is 55.7. The molecule has 14 amide bonds. The molecule has 2 aliphatic rings. The molecule has 1 aromatic carbocycles. The number of benzene rings is 1. The van der Waals surface area contributed by atoms with Gasteiger partial charge in [0, 0.05) is 67.3 Å². The van der Waals surface area contributed by atoms with Crippen molar-refractivity contribution in [2.24, 2.45) is 33.7 Å². The van der Waals surface area contributed by atoms with Crippen LogP contribution in [0.3, 0.4) is 0 Å². The molecule has 0 saturated carbocycles. The van der Waals surface area contributed by atoms with E-state index in [4.69, 9.17) is 28.7 Å². The number of H-pyrrole nitrogens is 1. The van der Waals surface area contributed by atoms with Gasteiger partial charge in [-0.2, -0.15) is 25.3 Å². The zero-order valence-electron chi connectivity index (χ0n) is 52.3. The van der Waals surface area contributed by atoms with Gasteiger partial charge in [-0.3, -0.25) is 76.9 Å². The summed E-state index contributed by atoms with van der Waals surface area (Å²) in [5.74, 6) is -17.9. The molecule has 2 fully saturated rings. The molecular formula is C55H82N20O18S4. The van der Waals surface area contributed by atoms with Crippen molar-refractivity contribution in [1.29, 1.82) is 0 Å². The minimum Gasteiger partial charge on any atom is -0.508 e. The van der Waals surface area contributed by atoms with Gasteiger partial charge < -0.3 is 112 Å². The molecule has 0 bridgehead atoms. The number of aliphatic imine (C=N–C) groups is 1. The molecule has 3 heterocycles. The Labute approximate surface area is 573 Å². The van der Waals surface area contributed by atoms with E-state index in [1.165, 1.54) is 43.7 Å². The van der Waals surface area contributed by atoms with Gasteiger partial charge in [-0.05, 0) is 56.7 Å². The predicted molar refractivity (Wildman–Crippen MR) is 354 cm³/mol. The first-order valence-corrected chi connectivity index (χ1v) is 33.7. The van der Waals surface area contributed by atoms with Crippen LogP contribution in [-0.2, 0) is 84.8 Å². The van der Waals surface area contributed by atoms with Crippen LogP contribution >= 0.6 is 46.8 Å². The summed E-state index contributed by atoms with van der Waals surface area (Å²) in [6.45, 7) is -0.829. The summed E-state index contributed by atoms with van der Waals surface area (Å²) in [7, 11) is 1.59. The summed E-state index contributed by atoms with van der Waals surface area (Å²) >= 11 is 8.36. The number of nitrogens with two attached hydrogens (primary N) is 5. The molecule has 2 saturated heterocycles. The maximum atomic E-state index is 14.5. The van der Waals surface area contributed by atoms with Crippen molar-refractivity contribution < 1.29 is 87.2 Å². The number of hydrogen-bond acceptors (Lipinski definition) is 24. The van der Waals surface area contributed by atoms with Crippen molar-refractivity contribution in [2.75, 3.05) is 49.3 Å². The van der Waals surface area contributed by atoms with E-state index in [-0.39, 0.29) is 81.2 Å². The van der Waals surface area contributed by atoms with Crippen LogP contribution in [-0.4, -0.2) is 247 Å². The van der Waals surface area contributed by atoms with Gasteiger partial charge in [0.1, 0.15) is 72.2 Å². The molecule has 4 rings (SSSR count).